The number of halogens is 3. The Labute approximate surface area is 130 Å². The highest BCUT2D eigenvalue weighted by Crippen LogP contribution is 2.35. The summed E-state index contributed by atoms with van der Waals surface area (Å²) in [7, 11) is 0. The van der Waals surface area contributed by atoms with Crippen molar-refractivity contribution in [2.45, 2.75) is 18.9 Å². The Balaban J connectivity index is 1.61. The number of carbonyl (C=O) groups is 1. The standard InChI is InChI=1S/C17H12F3NO2/c18-11-1-2-14-10(6-11)7-15(23-14)17(22)21-4-3-9-5-12(19)8-13(20)16(9)21/h1-2,5-6,8,15H,3-4,7H2/t15-/m0/s1. The van der Waals surface area contributed by atoms with Crippen molar-refractivity contribution in [3.8, 4) is 5.75 Å². The van der Waals surface area contributed by atoms with Crippen LogP contribution in [0.2, 0.25) is 0 Å². The molecule has 2 aliphatic heterocycles. The number of hydrogen-bond donors (Lipinski definition) is 0. The van der Waals surface area contributed by atoms with Crippen molar-refractivity contribution in [1.82, 2.24) is 0 Å². The third kappa shape index (κ3) is 2.25. The number of anilines is 1. The van der Waals surface area contributed by atoms with Crippen LogP contribution < -0.4 is 9.64 Å². The first-order valence-corrected chi connectivity index (χ1v) is 7.27. The number of ether oxygens (including phenoxy) is 1. The van der Waals surface area contributed by atoms with Gasteiger partial charge in [0.25, 0.3) is 5.91 Å². The Morgan fingerprint density at radius 2 is 1.87 bits per heavy atom. The average molecular weight is 319 g/mol. The van der Waals surface area contributed by atoms with Gasteiger partial charge in [0.1, 0.15) is 23.2 Å². The van der Waals surface area contributed by atoms with Crippen molar-refractivity contribution >= 4 is 11.6 Å². The Hall–Kier alpha value is -2.50. The fraction of sp³-hybridized carbons (Fsp3) is 0.235. The highest BCUT2D eigenvalue weighted by Gasteiger charge is 2.37. The SMILES string of the molecule is O=C([C@@H]1Cc2cc(F)ccc2O1)N1CCc2cc(F)cc(F)c21. The lowest BCUT2D eigenvalue weighted by Gasteiger charge is -2.21. The van der Waals surface area contributed by atoms with Gasteiger partial charge in [-0.25, -0.2) is 13.2 Å². The van der Waals surface area contributed by atoms with Crippen LogP contribution in [-0.4, -0.2) is 18.6 Å². The first kappa shape index (κ1) is 14.1. The maximum atomic E-state index is 14.0. The normalized spacial score (nSPS) is 18.6. The summed E-state index contributed by atoms with van der Waals surface area (Å²) in [5.41, 5.74) is 1.20. The molecule has 23 heavy (non-hydrogen) atoms. The fourth-order valence-electron chi connectivity index (χ4n) is 3.21. The summed E-state index contributed by atoms with van der Waals surface area (Å²) in [5.74, 6) is -1.74. The molecule has 3 nitrogen and oxygen atoms in total. The molecule has 6 heteroatoms. The van der Waals surface area contributed by atoms with Crippen LogP contribution in [0.25, 0.3) is 0 Å². The number of fused-ring (bicyclic) bond motifs is 2. The lowest BCUT2D eigenvalue weighted by Crippen LogP contribution is -2.40. The molecule has 0 saturated carbocycles. The maximum Gasteiger partial charge on any atom is 0.268 e. The van der Waals surface area contributed by atoms with Gasteiger partial charge < -0.3 is 9.64 Å². The zero-order valence-corrected chi connectivity index (χ0v) is 12.0. The number of hydrogen-bond acceptors (Lipinski definition) is 2. The molecule has 1 atom stereocenters. The van der Waals surface area contributed by atoms with E-state index in [9.17, 15) is 18.0 Å². The van der Waals surface area contributed by atoms with E-state index in [0.29, 0.717) is 23.3 Å². The topological polar surface area (TPSA) is 29.5 Å². The predicted octanol–water partition coefficient (Wildman–Crippen LogP) is 3.00. The lowest BCUT2D eigenvalue weighted by atomic mass is 10.1. The summed E-state index contributed by atoms with van der Waals surface area (Å²) in [5, 5.41) is 0. The molecule has 0 unspecified atom stereocenters. The van der Waals surface area contributed by atoms with E-state index in [1.165, 1.54) is 29.2 Å². The van der Waals surface area contributed by atoms with Gasteiger partial charge in [-0.2, -0.15) is 0 Å². The van der Waals surface area contributed by atoms with E-state index in [-0.39, 0.29) is 18.7 Å². The van der Waals surface area contributed by atoms with Gasteiger partial charge in [-0.1, -0.05) is 0 Å². The monoisotopic (exact) mass is 319 g/mol. The van der Waals surface area contributed by atoms with Crippen LogP contribution in [0.1, 0.15) is 11.1 Å². The Morgan fingerprint density at radius 3 is 2.70 bits per heavy atom. The molecule has 1 amide bonds. The van der Waals surface area contributed by atoms with Crippen LogP contribution in [0.3, 0.4) is 0 Å². The number of nitrogens with zero attached hydrogens (tertiary/aromatic N) is 1. The molecule has 2 aromatic carbocycles. The molecule has 0 saturated heterocycles. The first-order chi connectivity index (χ1) is 11.0. The Kier molecular flexibility index (Phi) is 3.07. The van der Waals surface area contributed by atoms with Gasteiger partial charge in [0.15, 0.2) is 6.10 Å². The van der Waals surface area contributed by atoms with E-state index < -0.39 is 29.5 Å². The molecule has 2 aromatic rings. The largest absolute Gasteiger partial charge is 0.480 e. The van der Waals surface area contributed by atoms with Gasteiger partial charge in [0.05, 0.1) is 5.69 Å². The summed E-state index contributed by atoms with van der Waals surface area (Å²) in [4.78, 5) is 13.9. The minimum Gasteiger partial charge on any atom is -0.480 e. The molecule has 0 bridgehead atoms. The fourth-order valence-corrected chi connectivity index (χ4v) is 3.21. The minimum absolute atomic E-state index is 0.113. The van der Waals surface area contributed by atoms with Gasteiger partial charge in [-0.3, -0.25) is 4.79 Å². The van der Waals surface area contributed by atoms with Gasteiger partial charge in [0, 0.05) is 24.6 Å². The van der Waals surface area contributed by atoms with Crippen LogP contribution in [0, 0.1) is 17.5 Å². The molecule has 118 valence electrons. The third-order valence-electron chi connectivity index (χ3n) is 4.22. The van der Waals surface area contributed by atoms with Crippen LogP contribution in [0.5, 0.6) is 5.75 Å². The summed E-state index contributed by atoms with van der Waals surface area (Å²) >= 11 is 0. The summed E-state index contributed by atoms with van der Waals surface area (Å²) in [6.07, 6.45) is -0.188. The number of carbonyl (C=O) groups excluding carboxylic acids is 1. The van der Waals surface area contributed by atoms with Crippen LogP contribution in [0.15, 0.2) is 30.3 Å². The Morgan fingerprint density at radius 1 is 1.09 bits per heavy atom. The number of amides is 1. The van der Waals surface area contributed by atoms with Crippen LogP contribution in [0.4, 0.5) is 18.9 Å². The molecule has 4 rings (SSSR count). The quantitative estimate of drug-likeness (QED) is 0.809. The molecule has 0 fully saturated rings. The van der Waals surface area contributed by atoms with E-state index in [2.05, 4.69) is 0 Å². The van der Waals surface area contributed by atoms with E-state index >= 15 is 0 Å². The smallest absolute Gasteiger partial charge is 0.268 e. The van der Waals surface area contributed by atoms with Gasteiger partial charge in [-0.05, 0) is 36.2 Å². The predicted molar refractivity (Wildman–Crippen MR) is 76.9 cm³/mol. The first-order valence-electron chi connectivity index (χ1n) is 7.27. The summed E-state index contributed by atoms with van der Waals surface area (Å²) < 4.78 is 46.1. The van der Waals surface area contributed by atoms with Gasteiger partial charge in [0.2, 0.25) is 0 Å². The molecule has 2 heterocycles. The molecule has 0 radical (unpaired) electrons. The molecular formula is C17H12F3NO2. The highest BCUT2D eigenvalue weighted by molar-refractivity contribution is 5.99. The third-order valence-corrected chi connectivity index (χ3v) is 4.22. The average Bonchev–Trinajstić information content (AvgIpc) is 3.09. The highest BCUT2D eigenvalue weighted by atomic mass is 19.1. The van der Waals surface area contributed by atoms with Gasteiger partial charge in [-0.15, -0.1) is 0 Å². The number of benzene rings is 2. The van der Waals surface area contributed by atoms with Crippen LogP contribution in [-0.2, 0) is 17.6 Å². The number of rotatable bonds is 1. The van der Waals surface area contributed by atoms with Crippen molar-refractivity contribution in [2.75, 3.05) is 11.4 Å². The van der Waals surface area contributed by atoms with Gasteiger partial charge >= 0.3 is 0 Å². The van der Waals surface area contributed by atoms with Crippen molar-refractivity contribution < 1.29 is 22.7 Å². The molecule has 2 aliphatic rings. The second kappa shape index (κ2) is 5.01. The molecule has 0 spiro atoms. The summed E-state index contributed by atoms with van der Waals surface area (Å²) in [6.45, 7) is 0.277. The maximum absolute atomic E-state index is 14.0. The second-order valence-corrected chi connectivity index (χ2v) is 5.70. The van der Waals surface area contributed by atoms with Crippen molar-refractivity contribution in [2.24, 2.45) is 0 Å². The zero-order chi connectivity index (χ0) is 16.1. The molecular weight excluding hydrogens is 307 g/mol. The lowest BCUT2D eigenvalue weighted by molar-refractivity contribution is -0.124. The van der Waals surface area contributed by atoms with E-state index in [0.717, 1.165) is 6.07 Å². The Bertz CT molecular complexity index is 822. The second-order valence-electron chi connectivity index (χ2n) is 5.70. The van der Waals surface area contributed by atoms with Crippen molar-refractivity contribution in [3.63, 3.8) is 0 Å². The molecule has 0 aliphatic carbocycles. The van der Waals surface area contributed by atoms with E-state index in [1.807, 2.05) is 0 Å². The van der Waals surface area contributed by atoms with Crippen molar-refractivity contribution in [1.29, 1.82) is 0 Å². The minimum atomic E-state index is -0.817. The molecule has 0 N–H and O–H groups in total. The summed E-state index contributed by atoms with van der Waals surface area (Å²) in [6, 6.07) is 6.08. The van der Waals surface area contributed by atoms with Crippen molar-refractivity contribution in [3.05, 3.63) is 58.9 Å². The van der Waals surface area contributed by atoms with Crippen LogP contribution >= 0.6 is 0 Å². The zero-order valence-electron chi connectivity index (χ0n) is 12.0. The van der Waals surface area contributed by atoms with E-state index in [4.69, 9.17) is 4.74 Å². The molecule has 0 aromatic heterocycles. The van der Waals surface area contributed by atoms with E-state index in [1.54, 1.807) is 0 Å².